The van der Waals surface area contributed by atoms with E-state index in [1.54, 1.807) is 4.52 Å². The summed E-state index contributed by atoms with van der Waals surface area (Å²) in [5.74, 6) is 2.44. The van der Waals surface area contributed by atoms with Crippen LogP contribution in [0.5, 0.6) is 0 Å². The number of hydrogen-bond donors (Lipinski definition) is 1. The molecular weight excluding hydrogens is 226 g/mol. The van der Waals surface area contributed by atoms with Crippen LogP contribution in [0.4, 0.5) is 0 Å². The molecule has 0 atom stereocenters. The molecule has 2 N–H and O–H groups in total. The molecule has 0 spiro atoms. The van der Waals surface area contributed by atoms with Gasteiger partial charge in [0.05, 0.1) is 5.69 Å². The number of hydrogen-bond acceptors (Lipinski definition) is 3. The third-order valence-electron chi connectivity index (χ3n) is 3.36. The van der Waals surface area contributed by atoms with Gasteiger partial charge in [0, 0.05) is 19.5 Å². The Balaban J connectivity index is 2.16. The lowest BCUT2D eigenvalue weighted by Crippen LogP contribution is -2.14. The number of halogens is 1. The van der Waals surface area contributed by atoms with Crippen LogP contribution in [0.25, 0.3) is 5.78 Å². The summed E-state index contributed by atoms with van der Waals surface area (Å²) >= 11 is 6.15. The Morgan fingerprint density at radius 3 is 2.75 bits per heavy atom. The largest absolute Gasteiger partial charge is 0.325 e. The number of aryl methyl sites for hydroxylation is 1. The number of nitrogens with zero attached hydrogens (tertiary/aromatic N) is 4. The third-order valence-corrected chi connectivity index (χ3v) is 3.74. The van der Waals surface area contributed by atoms with Gasteiger partial charge in [0.2, 0.25) is 5.78 Å². The normalized spacial score (nSPS) is 16.9. The van der Waals surface area contributed by atoms with Crippen molar-refractivity contribution in [1.82, 2.24) is 19.2 Å². The van der Waals surface area contributed by atoms with Crippen molar-refractivity contribution in [3.05, 3.63) is 16.7 Å². The van der Waals surface area contributed by atoms with Gasteiger partial charge in [0.25, 0.3) is 0 Å². The highest BCUT2D eigenvalue weighted by molar-refractivity contribution is 6.30. The summed E-state index contributed by atoms with van der Waals surface area (Å²) in [6, 6.07) is 0. The number of rotatable bonds is 2. The summed E-state index contributed by atoms with van der Waals surface area (Å²) in [4.78, 5) is 4.40. The summed E-state index contributed by atoms with van der Waals surface area (Å²) in [7, 11) is 1.99. The molecule has 1 aliphatic rings. The van der Waals surface area contributed by atoms with E-state index in [-0.39, 0.29) is 0 Å². The lowest BCUT2D eigenvalue weighted by Gasteiger charge is -2.23. The van der Waals surface area contributed by atoms with E-state index in [0.717, 1.165) is 11.6 Å². The highest BCUT2D eigenvalue weighted by Gasteiger charge is 2.26. The van der Waals surface area contributed by atoms with E-state index in [4.69, 9.17) is 17.3 Å². The zero-order valence-electron chi connectivity index (χ0n) is 9.15. The lowest BCUT2D eigenvalue weighted by molar-refractivity contribution is 0.392. The zero-order valence-corrected chi connectivity index (χ0v) is 9.91. The molecule has 5 nitrogen and oxygen atoms in total. The molecule has 0 saturated heterocycles. The molecule has 1 saturated carbocycles. The van der Waals surface area contributed by atoms with E-state index < -0.39 is 0 Å². The first-order valence-corrected chi connectivity index (χ1v) is 5.90. The first kappa shape index (κ1) is 10.1. The molecule has 0 unspecified atom stereocenters. The van der Waals surface area contributed by atoms with E-state index in [0.29, 0.717) is 23.3 Å². The van der Waals surface area contributed by atoms with Crippen molar-refractivity contribution in [2.75, 3.05) is 0 Å². The minimum atomic E-state index is 0.348. The quantitative estimate of drug-likeness (QED) is 0.863. The Morgan fingerprint density at radius 2 is 2.25 bits per heavy atom. The molecule has 16 heavy (non-hydrogen) atoms. The highest BCUT2D eigenvalue weighted by Crippen LogP contribution is 2.36. The number of imidazole rings is 1. The predicted molar refractivity (Wildman–Crippen MR) is 61.5 cm³/mol. The Hall–Kier alpha value is -1.07. The Kier molecular flexibility index (Phi) is 2.19. The average molecular weight is 240 g/mol. The lowest BCUT2D eigenvalue weighted by atomic mass is 9.85. The molecule has 0 bridgehead atoms. The van der Waals surface area contributed by atoms with Gasteiger partial charge in [0.1, 0.15) is 5.82 Å². The molecule has 0 amide bonds. The first-order valence-electron chi connectivity index (χ1n) is 5.52. The second-order valence-electron chi connectivity index (χ2n) is 4.31. The molecule has 0 aromatic carbocycles. The molecule has 6 heteroatoms. The average Bonchev–Trinajstić information content (AvgIpc) is 2.66. The molecule has 0 radical (unpaired) electrons. The van der Waals surface area contributed by atoms with E-state index in [1.807, 2.05) is 11.6 Å². The summed E-state index contributed by atoms with van der Waals surface area (Å²) in [6.45, 7) is 0.348. The van der Waals surface area contributed by atoms with Crippen molar-refractivity contribution < 1.29 is 0 Å². The summed E-state index contributed by atoms with van der Waals surface area (Å²) in [6.07, 6.45) is 3.73. The smallest absolute Gasteiger partial charge is 0.233 e. The molecule has 1 fully saturated rings. The predicted octanol–water partition coefficient (Wildman–Crippen LogP) is 1.45. The maximum atomic E-state index is 6.15. The SMILES string of the molecule is Cn1c(C2CCC2)nn2c(Cl)c(CN)nc12. The van der Waals surface area contributed by atoms with Gasteiger partial charge in [-0.1, -0.05) is 18.0 Å². The van der Waals surface area contributed by atoms with Gasteiger partial charge in [-0.2, -0.15) is 9.61 Å². The zero-order chi connectivity index (χ0) is 11.3. The molecule has 0 aliphatic heterocycles. The molecule has 86 valence electrons. The van der Waals surface area contributed by atoms with Crippen LogP contribution in [0.3, 0.4) is 0 Å². The second kappa shape index (κ2) is 3.46. The fourth-order valence-corrected chi connectivity index (χ4v) is 2.39. The molecule has 3 rings (SSSR count). The van der Waals surface area contributed by atoms with Crippen molar-refractivity contribution in [2.45, 2.75) is 31.7 Å². The van der Waals surface area contributed by atoms with E-state index in [9.17, 15) is 0 Å². The maximum absolute atomic E-state index is 6.15. The Morgan fingerprint density at radius 1 is 1.50 bits per heavy atom. The molecule has 2 aromatic rings. The molecule has 2 heterocycles. The minimum Gasteiger partial charge on any atom is -0.325 e. The summed E-state index contributed by atoms with van der Waals surface area (Å²) < 4.78 is 3.71. The van der Waals surface area contributed by atoms with Crippen molar-refractivity contribution in [3.63, 3.8) is 0 Å². The Bertz CT molecular complexity index is 537. The van der Waals surface area contributed by atoms with Crippen LogP contribution in [0.2, 0.25) is 5.15 Å². The van der Waals surface area contributed by atoms with E-state index >= 15 is 0 Å². The topological polar surface area (TPSA) is 61.1 Å². The van der Waals surface area contributed by atoms with Gasteiger partial charge in [-0.05, 0) is 12.8 Å². The van der Waals surface area contributed by atoms with Crippen LogP contribution in [-0.4, -0.2) is 19.2 Å². The highest BCUT2D eigenvalue weighted by atomic mass is 35.5. The first-order chi connectivity index (χ1) is 7.72. The molecule has 1 aliphatic carbocycles. The second-order valence-corrected chi connectivity index (χ2v) is 4.67. The van der Waals surface area contributed by atoms with Crippen LogP contribution in [0.1, 0.15) is 36.7 Å². The third kappa shape index (κ3) is 1.21. The van der Waals surface area contributed by atoms with Crippen molar-refractivity contribution in [2.24, 2.45) is 12.8 Å². The van der Waals surface area contributed by atoms with Crippen molar-refractivity contribution in [1.29, 1.82) is 0 Å². The van der Waals surface area contributed by atoms with Crippen LogP contribution in [-0.2, 0) is 13.6 Å². The van der Waals surface area contributed by atoms with Gasteiger partial charge in [-0.3, -0.25) is 4.57 Å². The maximum Gasteiger partial charge on any atom is 0.233 e. The number of aromatic nitrogens is 4. The minimum absolute atomic E-state index is 0.348. The van der Waals surface area contributed by atoms with Crippen LogP contribution in [0.15, 0.2) is 0 Å². The fraction of sp³-hybridized carbons (Fsp3) is 0.600. The Labute approximate surface area is 98.2 Å². The summed E-state index contributed by atoms with van der Waals surface area (Å²) in [5, 5.41) is 5.07. The monoisotopic (exact) mass is 239 g/mol. The van der Waals surface area contributed by atoms with Crippen LogP contribution < -0.4 is 5.73 Å². The number of fused-ring (bicyclic) bond motifs is 1. The number of nitrogens with two attached hydrogens (primary N) is 1. The summed E-state index contributed by atoms with van der Waals surface area (Å²) in [5.41, 5.74) is 6.27. The van der Waals surface area contributed by atoms with Gasteiger partial charge < -0.3 is 5.73 Å². The molecular formula is C10H14ClN5. The van der Waals surface area contributed by atoms with Gasteiger partial charge in [0.15, 0.2) is 5.15 Å². The van der Waals surface area contributed by atoms with Gasteiger partial charge in [-0.25, -0.2) is 4.98 Å². The van der Waals surface area contributed by atoms with Gasteiger partial charge in [-0.15, -0.1) is 0 Å². The van der Waals surface area contributed by atoms with E-state index in [2.05, 4.69) is 10.1 Å². The standard InChI is InChI=1S/C10H14ClN5/c1-15-9(6-3-2-4-6)14-16-8(11)7(5-12)13-10(15)16/h6H,2-5,12H2,1H3. The van der Waals surface area contributed by atoms with Crippen LogP contribution in [0, 0.1) is 0 Å². The van der Waals surface area contributed by atoms with Gasteiger partial charge >= 0.3 is 0 Å². The van der Waals surface area contributed by atoms with Crippen LogP contribution >= 0.6 is 11.6 Å². The van der Waals surface area contributed by atoms with Crippen molar-refractivity contribution in [3.8, 4) is 0 Å². The fourth-order valence-electron chi connectivity index (χ4n) is 2.15. The van der Waals surface area contributed by atoms with Crippen molar-refractivity contribution >= 4 is 17.4 Å². The molecule has 2 aromatic heterocycles. The van der Waals surface area contributed by atoms with E-state index in [1.165, 1.54) is 19.3 Å².